The van der Waals surface area contributed by atoms with Gasteiger partial charge >= 0.3 is 6.03 Å². The van der Waals surface area contributed by atoms with Crippen LogP contribution in [0.4, 0.5) is 16.2 Å². The van der Waals surface area contributed by atoms with Crippen LogP contribution < -0.4 is 16.0 Å². The fourth-order valence-electron chi connectivity index (χ4n) is 2.68. The van der Waals surface area contributed by atoms with Crippen molar-refractivity contribution in [3.63, 3.8) is 0 Å². The summed E-state index contributed by atoms with van der Waals surface area (Å²) in [7, 11) is 0. The van der Waals surface area contributed by atoms with Gasteiger partial charge < -0.3 is 20.9 Å². The van der Waals surface area contributed by atoms with E-state index < -0.39 is 0 Å². The van der Waals surface area contributed by atoms with E-state index in [1.807, 2.05) is 0 Å². The van der Waals surface area contributed by atoms with Gasteiger partial charge in [-0.25, -0.2) is 4.79 Å². The molecule has 0 atom stereocenters. The van der Waals surface area contributed by atoms with Crippen LogP contribution in [-0.2, 0) is 0 Å². The molecular weight excluding hydrogens is 332 g/mol. The number of rotatable bonds is 6. The molecule has 0 saturated heterocycles. The van der Waals surface area contributed by atoms with Crippen molar-refractivity contribution in [2.24, 2.45) is 0 Å². The molecule has 1 heterocycles. The molecule has 1 aromatic heterocycles. The van der Waals surface area contributed by atoms with Crippen LogP contribution >= 0.6 is 0 Å². The summed E-state index contributed by atoms with van der Waals surface area (Å²) in [5.41, 5.74) is 3.37. The van der Waals surface area contributed by atoms with Crippen molar-refractivity contribution < 1.29 is 14.4 Å². The monoisotopic (exact) mass is 354 g/mol. The third-order valence-electron chi connectivity index (χ3n) is 3.82. The summed E-state index contributed by atoms with van der Waals surface area (Å²) in [5.74, 6) is -0.414. The number of carbonyl (C=O) groups excluding carboxylic acids is 3. The highest BCUT2D eigenvalue weighted by Gasteiger charge is 2.19. The Hall–Kier alpha value is -3.35. The van der Waals surface area contributed by atoms with Gasteiger partial charge in [-0.2, -0.15) is 0 Å². The average Bonchev–Trinajstić information content (AvgIpc) is 2.89. The van der Waals surface area contributed by atoms with E-state index in [1.54, 1.807) is 44.2 Å². The van der Waals surface area contributed by atoms with E-state index >= 15 is 0 Å². The lowest BCUT2D eigenvalue weighted by molar-refractivity contribution is 0.101. The zero-order chi connectivity index (χ0) is 19.3. The first kappa shape index (κ1) is 19.0. The molecule has 0 unspecified atom stereocenters. The first-order valence-electron chi connectivity index (χ1n) is 8.10. The molecule has 1 aromatic carbocycles. The number of Topliss-reactive ketones (excluding diaryl/α,β-unsaturated/α-hetero) is 1. The Morgan fingerprint density at radius 1 is 1.08 bits per heavy atom. The zero-order valence-corrected chi connectivity index (χ0v) is 15.0. The predicted octanol–water partition coefficient (Wildman–Crippen LogP) is 3.39. The fraction of sp³-hybridized carbons (Fsp3) is 0.211. The third kappa shape index (κ3) is 4.38. The van der Waals surface area contributed by atoms with Crippen LogP contribution in [0.5, 0.6) is 0 Å². The van der Waals surface area contributed by atoms with Crippen molar-refractivity contribution in [2.45, 2.75) is 20.8 Å². The van der Waals surface area contributed by atoms with E-state index in [1.165, 1.54) is 6.92 Å². The van der Waals surface area contributed by atoms with Gasteiger partial charge in [0.1, 0.15) is 5.69 Å². The molecule has 2 aromatic rings. The fourth-order valence-corrected chi connectivity index (χ4v) is 2.68. The molecule has 2 rings (SSSR count). The molecule has 0 aliphatic rings. The minimum atomic E-state index is -0.337. The maximum atomic E-state index is 12.5. The Morgan fingerprint density at radius 3 is 2.15 bits per heavy atom. The first-order valence-corrected chi connectivity index (χ1v) is 8.10. The molecular formula is C19H22N4O3. The number of H-pyrrole nitrogens is 1. The molecule has 0 radical (unpaired) electrons. The number of benzene rings is 1. The van der Waals surface area contributed by atoms with Gasteiger partial charge in [-0.15, -0.1) is 6.58 Å². The predicted molar refractivity (Wildman–Crippen MR) is 102 cm³/mol. The maximum absolute atomic E-state index is 12.5. The van der Waals surface area contributed by atoms with E-state index in [4.69, 9.17) is 0 Å². The van der Waals surface area contributed by atoms with Crippen molar-refractivity contribution in [2.75, 3.05) is 17.2 Å². The first-order chi connectivity index (χ1) is 12.3. The van der Waals surface area contributed by atoms with Crippen LogP contribution in [-0.4, -0.2) is 29.3 Å². The maximum Gasteiger partial charge on any atom is 0.319 e. The Bertz CT molecular complexity index is 850. The number of anilines is 2. The van der Waals surface area contributed by atoms with Gasteiger partial charge in [0.25, 0.3) is 5.91 Å². The number of ketones is 1. The largest absolute Gasteiger partial charge is 0.354 e. The number of aromatic amines is 1. The van der Waals surface area contributed by atoms with Crippen molar-refractivity contribution in [3.05, 3.63) is 59.4 Å². The summed E-state index contributed by atoms with van der Waals surface area (Å²) in [6.45, 7) is 8.87. The molecule has 0 bridgehead atoms. The third-order valence-corrected chi connectivity index (χ3v) is 3.82. The quantitative estimate of drug-likeness (QED) is 0.472. The van der Waals surface area contributed by atoms with Gasteiger partial charge in [-0.05, 0) is 50.6 Å². The second kappa shape index (κ2) is 8.15. The minimum absolute atomic E-state index is 0.0829. The van der Waals surface area contributed by atoms with Crippen molar-refractivity contribution in [1.29, 1.82) is 0 Å². The zero-order valence-electron chi connectivity index (χ0n) is 15.0. The van der Waals surface area contributed by atoms with Crippen LogP contribution in [0.15, 0.2) is 36.9 Å². The highest BCUT2D eigenvalue weighted by molar-refractivity contribution is 6.07. The smallest absolute Gasteiger partial charge is 0.319 e. The molecule has 0 aliphatic heterocycles. The second-order valence-electron chi connectivity index (χ2n) is 5.84. The Kier molecular flexibility index (Phi) is 5.95. The summed E-state index contributed by atoms with van der Waals surface area (Å²) in [6, 6.07) is 6.38. The van der Waals surface area contributed by atoms with Gasteiger partial charge in [0.05, 0.1) is 0 Å². The Balaban J connectivity index is 2.06. The number of hydrogen-bond donors (Lipinski definition) is 4. The summed E-state index contributed by atoms with van der Waals surface area (Å²) in [5, 5.41) is 8.04. The number of hydrogen-bond acceptors (Lipinski definition) is 3. The average molecular weight is 354 g/mol. The van der Waals surface area contributed by atoms with Crippen LogP contribution in [0, 0.1) is 13.8 Å². The van der Waals surface area contributed by atoms with Crippen molar-refractivity contribution in [1.82, 2.24) is 10.3 Å². The van der Waals surface area contributed by atoms with Crippen molar-refractivity contribution in [3.8, 4) is 0 Å². The van der Waals surface area contributed by atoms with Gasteiger partial charge in [-0.1, -0.05) is 6.08 Å². The molecule has 7 heteroatoms. The molecule has 0 saturated carbocycles. The highest BCUT2D eigenvalue weighted by atomic mass is 16.2. The molecule has 7 nitrogen and oxygen atoms in total. The van der Waals surface area contributed by atoms with E-state index in [9.17, 15) is 14.4 Å². The van der Waals surface area contributed by atoms with Gasteiger partial charge in [-0.3, -0.25) is 9.59 Å². The lowest BCUT2D eigenvalue weighted by Gasteiger charge is -2.08. The van der Waals surface area contributed by atoms with E-state index in [-0.39, 0.29) is 17.7 Å². The lowest BCUT2D eigenvalue weighted by Crippen LogP contribution is -2.28. The topological polar surface area (TPSA) is 103 Å². The molecule has 0 fully saturated rings. The summed E-state index contributed by atoms with van der Waals surface area (Å²) in [4.78, 5) is 38.7. The van der Waals surface area contributed by atoms with E-state index in [0.717, 1.165) is 0 Å². The molecule has 4 N–H and O–H groups in total. The normalized spacial score (nSPS) is 10.1. The van der Waals surface area contributed by atoms with Crippen LogP contribution in [0.25, 0.3) is 0 Å². The van der Waals surface area contributed by atoms with Crippen LogP contribution in [0.1, 0.15) is 39.0 Å². The molecule has 136 valence electrons. The molecule has 0 spiro atoms. The van der Waals surface area contributed by atoms with Crippen LogP contribution in [0.3, 0.4) is 0 Å². The van der Waals surface area contributed by atoms with Gasteiger partial charge in [0.15, 0.2) is 5.78 Å². The standard InChI is InChI=1S/C19H22N4O3/c1-5-10-20-19(26)23-15-8-6-14(7-9-15)22-18(25)17-11(2)16(13(4)24)12(3)21-17/h5-9,21H,1,10H2,2-4H3,(H,22,25)(H2,20,23,26). The number of aromatic nitrogens is 1. The van der Waals surface area contributed by atoms with E-state index in [2.05, 4.69) is 27.5 Å². The highest BCUT2D eigenvalue weighted by Crippen LogP contribution is 2.20. The summed E-state index contributed by atoms with van der Waals surface area (Å²) < 4.78 is 0. The Labute approximate surface area is 151 Å². The summed E-state index contributed by atoms with van der Waals surface area (Å²) in [6.07, 6.45) is 1.58. The second-order valence-corrected chi connectivity index (χ2v) is 5.84. The number of carbonyl (C=O) groups is 3. The van der Waals surface area contributed by atoms with Crippen molar-refractivity contribution >= 4 is 29.1 Å². The lowest BCUT2D eigenvalue weighted by atomic mass is 10.1. The van der Waals surface area contributed by atoms with Gasteiger partial charge in [0, 0.05) is 29.2 Å². The van der Waals surface area contributed by atoms with E-state index in [0.29, 0.717) is 40.4 Å². The number of urea groups is 1. The number of aryl methyl sites for hydroxylation is 1. The van der Waals surface area contributed by atoms with Gasteiger partial charge in [0.2, 0.25) is 0 Å². The summed E-state index contributed by atoms with van der Waals surface area (Å²) >= 11 is 0. The SMILES string of the molecule is C=CCNC(=O)Nc1ccc(NC(=O)c2[nH]c(C)c(C(C)=O)c2C)cc1. The number of amides is 3. The molecule has 3 amide bonds. The molecule has 26 heavy (non-hydrogen) atoms. The minimum Gasteiger partial charge on any atom is -0.354 e. The Morgan fingerprint density at radius 2 is 1.65 bits per heavy atom. The van der Waals surface area contributed by atoms with Crippen LogP contribution in [0.2, 0.25) is 0 Å². The number of nitrogens with one attached hydrogen (secondary N) is 4. The molecule has 0 aliphatic carbocycles.